The van der Waals surface area contributed by atoms with E-state index in [0.717, 1.165) is 17.1 Å². The fraction of sp³-hybridized carbons (Fsp3) is 0.111. The Morgan fingerprint density at radius 1 is 0.301 bits per heavy atom. The quantitative estimate of drug-likeness (QED) is 0.139. The summed E-state index contributed by atoms with van der Waals surface area (Å²) >= 11 is 0. The van der Waals surface area contributed by atoms with Gasteiger partial charge in [0, 0.05) is 16.9 Å². The van der Waals surface area contributed by atoms with Crippen molar-refractivity contribution in [3.05, 3.63) is 317 Å². The molecule has 3 aliphatic carbocycles. The zero-order valence-corrected chi connectivity index (χ0v) is 41.0. The fourth-order valence-corrected chi connectivity index (χ4v) is 13.8. The Bertz CT molecular complexity index is 3740. The van der Waals surface area contributed by atoms with E-state index in [1.807, 2.05) is 0 Å². The summed E-state index contributed by atoms with van der Waals surface area (Å²) in [5, 5.41) is 2.69. The lowest BCUT2D eigenvalue weighted by Gasteiger charge is -2.36. The molecule has 14 rings (SSSR count). The van der Waals surface area contributed by atoms with Crippen molar-refractivity contribution in [3.63, 3.8) is 0 Å². The summed E-state index contributed by atoms with van der Waals surface area (Å²) in [7, 11) is 0. The Morgan fingerprint density at radius 3 is 1.29 bits per heavy atom. The van der Waals surface area contributed by atoms with Crippen LogP contribution < -0.4 is 4.90 Å². The van der Waals surface area contributed by atoms with Crippen LogP contribution in [0.15, 0.2) is 267 Å². The Morgan fingerprint density at radius 2 is 0.726 bits per heavy atom. The zero-order valence-electron chi connectivity index (χ0n) is 41.0. The number of nitrogens with zero attached hydrogens (tertiary/aromatic N) is 1. The number of hydrogen-bond donors (Lipinski definition) is 0. The fourth-order valence-electron chi connectivity index (χ4n) is 13.8. The van der Waals surface area contributed by atoms with Gasteiger partial charge >= 0.3 is 0 Å². The molecular weight excluding hydrogens is 879 g/mol. The molecule has 0 aliphatic heterocycles. The van der Waals surface area contributed by atoms with Gasteiger partial charge in [0.1, 0.15) is 0 Å². The normalized spacial score (nSPS) is 15.0. The first-order valence-corrected chi connectivity index (χ1v) is 26.4. The monoisotopic (exact) mass is 933 g/mol. The van der Waals surface area contributed by atoms with Crippen LogP contribution in [0.3, 0.4) is 0 Å². The molecule has 0 bridgehead atoms. The molecule has 0 unspecified atom stereocenters. The first-order chi connectivity index (χ1) is 36.2. The maximum atomic E-state index is 2.55. The van der Waals surface area contributed by atoms with Crippen molar-refractivity contribution in [1.82, 2.24) is 0 Å². The lowest BCUT2D eigenvalue weighted by atomic mass is 9.67. The van der Waals surface area contributed by atoms with Crippen molar-refractivity contribution in [3.8, 4) is 33.4 Å². The van der Waals surface area contributed by atoms with Crippen molar-refractivity contribution in [2.24, 2.45) is 0 Å². The van der Waals surface area contributed by atoms with Crippen molar-refractivity contribution < 1.29 is 0 Å². The first-order valence-electron chi connectivity index (χ1n) is 26.4. The van der Waals surface area contributed by atoms with Gasteiger partial charge in [-0.3, -0.25) is 0 Å². The molecule has 1 nitrogen and oxygen atoms in total. The molecule has 3 aliphatic rings. The first kappa shape index (κ1) is 43.3. The Kier molecular flexibility index (Phi) is 10.5. The maximum absolute atomic E-state index is 2.55. The third kappa shape index (κ3) is 6.61. The maximum Gasteiger partial charge on any atom is 0.0714 e. The van der Waals surface area contributed by atoms with Crippen LogP contribution in [0.25, 0.3) is 44.2 Å². The average molecular weight is 934 g/mol. The SMILES string of the molecule is c1ccc(C2(c3ccc(N(c4ccc5c(c4)C(c4ccccc4)(c4ccccc4)c4ccccc4-5)c4ccccc4-c4cccc5cccc(C6CCCCC6)c45)cc3)c3ccccc3-c3ccccc32)cc1. The van der Waals surface area contributed by atoms with Crippen molar-refractivity contribution in [1.29, 1.82) is 0 Å². The second-order valence-electron chi connectivity index (χ2n) is 20.5. The third-order valence-corrected chi connectivity index (χ3v) is 16.8. The van der Waals surface area contributed by atoms with Crippen LogP contribution in [0.4, 0.5) is 17.1 Å². The summed E-state index contributed by atoms with van der Waals surface area (Å²) in [5.41, 5.74) is 21.7. The van der Waals surface area contributed by atoms with Gasteiger partial charge in [-0.25, -0.2) is 0 Å². The largest absolute Gasteiger partial charge is 0.310 e. The Labute approximate surface area is 429 Å². The molecule has 0 atom stereocenters. The number of benzene rings is 11. The van der Waals surface area contributed by atoms with Crippen LogP contribution in [-0.4, -0.2) is 0 Å². The molecule has 0 spiro atoms. The molecule has 0 heterocycles. The van der Waals surface area contributed by atoms with E-state index in [2.05, 4.69) is 272 Å². The lowest BCUT2D eigenvalue weighted by molar-refractivity contribution is 0.445. The highest BCUT2D eigenvalue weighted by molar-refractivity contribution is 6.04. The van der Waals surface area contributed by atoms with E-state index in [4.69, 9.17) is 0 Å². The molecule has 0 aromatic heterocycles. The minimum atomic E-state index is -0.546. The van der Waals surface area contributed by atoms with E-state index in [-0.39, 0.29) is 0 Å². The summed E-state index contributed by atoms with van der Waals surface area (Å²) in [5.74, 6) is 0.555. The van der Waals surface area contributed by atoms with Crippen LogP contribution in [0.1, 0.15) is 88.1 Å². The topological polar surface area (TPSA) is 3.24 Å². The van der Waals surface area contributed by atoms with E-state index in [1.165, 1.54) is 126 Å². The summed E-state index contributed by atoms with van der Waals surface area (Å²) < 4.78 is 0. The van der Waals surface area contributed by atoms with Gasteiger partial charge < -0.3 is 4.90 Å². The number of para-hydroxylation sites is 1. The highest BCUT2D eigenvalue weighted by Crippen LogP contribution is 2.59. The standard InChI is InChI=1S/C72H55N/c1-5-23-50(24-6-1)58-37-21-25-51-26-22-38-64(70(51)58)63-36-16-20-42-69(63)73(56-45-43-55(44-46-56)71(52-27-7-2-8-28-52)65-39-17-13-33-59(65)60-34-14-18-40-66(60)71)57-47-48-62-61-35-15-19-41-67(61)72(68(62)49-57,53-29-9-3-10-30-53)54-31-11-4-12-32-54/h2-4,7-22,25-50H,1,5-6,23-24H2. The van der Waals surface area contributed by atoms with Gasteiger partial charge in [-0.1, -0.05) is 256 Å². The third-order valence-electron chi connectivity index (χ3n) is 16.8. The van der Waals surface area contributed by atoms with E-state index < -0.39 is 10.8 Å². The van der Waals surface area contributed by atoms with Gasteiger partial charge in [-0.05, 0) is 138 Å². The second kappa shape index (κ2) is 17.7. The highest BCUT2D eigenvalue weighted by atomic mass is 15.1. The average Bonchev–Trinajstić information content (AvgIpc) is 3.95. The van der Waals surface area contributed by atoms with E-state index in [9.17, 15) is 0 Å². The molecule has 0 saturated heterocycles. The summed E-state index contributed by atoms with van der Waals surface area (Å²) in [4.78, 5) is 2.55. The van der Waals surface area contributed by atoms with Gasteiger partial charge in [-0.15, -0.1) is 0 Å². The lowest BCUT2D eigenvalue weighted by Crippen LogP contribution is -2.29. The van der Waals surface area contributed by atoms with E-state index >= 15 is 0 Å². The van der Waals surface area contributed by atoms with Gasteiger partial charge in [-0.2, -0.15) is 0 Å². The minimum Gasteiger partial charge on any atom is -0.310 e. The molecule has 1 fully saturated rings. The van der Waals surface area contributed by atoms with E-state index in [1.54, 1.807) is 0 Å². The van der Waals surface area contributed by atoms with Gasteiger partial charge in [0.05, 0.1) is 16.5 Å². The minimum absolute atomic E-state index is 0.501. The molecule has 1 saturated carbocycles. The molecular formula is C72H55N. The number of fused-ring (bicyclic) bond motifs is 7. The second-order valence-corrected chi connectivity index (χ2v) is 20.5. The Balaban J connectivity index is 1.03. The molecule has 0 radical (unpaired) electrons. The van der Waals surface area contributed by atoms with Crippen LogP contribution >= 0.6 is 0 Å². The molecule has 1 heteroatoms. The predicted molar refractivity (Wildman–Crippen MR) is 305 cm³/mol. The molecule has 0 N–H and O–H groups in total. The zero-order chi connectivity index (χ0) is 48.3. The Hall–Kier alpha value is -8.52. The van der Waals surface area contributed by atoms with Crippen LogP contribution in [0.2, 0.25) is 0 Å². The van der Waals surface area contributed by atoms with Crippen LogP contribution in [0.5, 0.6) is 0 Å². The molecule has 0 amide bonds. The summed E-state index contributed by atoms with van der Waals surface area (Å²) in [6, 6.07) is 101. The summed E-state index contributed by atoms with van der Waals surface area (Å²) in [6.07, 6.45) is 6.41. The van der Waals surface area contributed by atoms with Crippen molar-refractivity contribution in [2.45, 2.75) is 48.9 Å². The van der Waals surface area contributed by atoms with Crippen molar-refractivity contribution >= 4 is 27.8 Å². The number of anilines is 3. The van der Waals surface area contributed by atoms with Crippen molar-refractivity contribution in [2.75, 3.05) is 4.90 Å². The predicted octanol–water partition coefficient (Wildman–Crippen LogP) is 18.8. The van der Waals surface area contributed by atoms with Gasteiger partial charge in [0.25, 0.3) is 0 Å². The smallest absolute Gasteiger partial charge is 0.0714 e. The van der Waals surface area contributed by atoms with E-state index in [0.29, 0.717) is 5.92 Å². The molecule has 73 heavy (non-hydrogen) atoms. The molecule has 11 aromatic carbocycles. The number of hydrogen-bond acceptors (Lipinski definition) is 1. The van der Waals surface area contributed by atoms with Gasteiger partial charge in [0.2, 0.25) is 0 Å². The molecule has 11 aromatic rings. The van der Waals surface area contributed by atoms with Crippen LogP contribution in [0, 0.1) is 0 Å². The number of rotatable bonds is 9. The van der Waals surface area contributed by atoms with Gasteiger partial charge in [0.15, 0.2) is 0 Å². The van der Waals surface area contributed by atoms with Crippen LogP contribution in [-0.2, 0) is 10.8 Å². The highest BCUT2D eigenvalue weighted by Gasteiger charge is 2.48. The molecule has 348 valence electrons. The summed E-state index contributed by atoms with van der Waals surface area (Å²) in [6.45, 7) is 0.